The van der Waals surface area contributed by atoms with Crippen LogP contribution in [0.1, 0.15) is 114 Å². The lowest BCUT2D eigenvalue weighted by molar-refractivity contribution is -0.319. The Labute approximate surface area is 390 Å². The molecule has 0 aromatic heterocycles. The Hall–Kier alpha value is -2.87. The summed E-state index contributed by atoms with van der Waals surface area (Å²) < 4.78 is 79.6. The second-order valence-corrected chi connectivity index (χ2v) is 20.2. The molecular weight excluding hydrogens is 863 g/mol. The Morgan fingerprint density at radius 1 is 0.894 bits per heavy atom. The molecule has 4 heterocycles. The number of fused-ring (bicyclic) bond motifs is 1. The van der Waals surface area contributed by atoms with Crippen LogP contribution in [0.4, 0.5) is 13.6 Å². The predicted molar refractivity (Wildman–Crippen MR) is 239 cm³/mol. The Morgan fingerprint density at radius 2 is 1.56 bits per heavy atom. The number of carbonyl (C=O) groups is 3. The molecule has 5 rings (SSSR count). The van der Waals surface area contributed by atoms with Gasteiger partial charge in [-0.25, -0.2) is 13.6 Å². The fourth-order valence-electron chi connectivity index (χ4n) is 11.2. The molecule has 4 aliphatic rings. The van der Waals surface area contributed by atoms with Gasteiger partial charge in [-0.1, -0.05) is 40.7 Å². The standard InChI is InChI=1S/C49H78F2N2O13/c1-15-20-52(12)35-22-27(4)61-45(39(35)55)65-43-29(6)40(64-37-25-47(9,59-13)42(56)31(8)62-37)30(7)44(57)63-36(16-2)49(11)41(28(5)38(54)26(3)24-48(43,10)60-14)53(46(58)66-49)21-19-32-17-18-33(50)34(51)23-32/h17-18,23,26-31,35-37,39-43,45,55-56H,15-16,19-22,24-25H2,1-14H3/t26-,27-,28+,29+,30-,31+,35+,36-,37+,39-,40+,41-,42+,43-,45+,47-,48-,49-/m1/s1. The zero-order chi connectivity index (χ0) is 49.2. The van der Waals surface area contributed by atoms with Crippen LogP contribution < -0.4 is 0 Å². The molecule has 1 aromatic carbocycles. The van der Waals surface area contributed by atoms with Crippen molar-refractivity contribution >= 4 is 17.8 Å². The summed E-state index contributed by atoms with van der Waals surface area (Å²) in [5.41, 5.74) is -3.51. The average Bonchev–Trinajstić information content (AvgIpc) is 3.54. The molecule has 1 amide bonds. The number of Topliss-reactive ketones (excluding diaryl/α,β-unsaturated/α-hetero) is 1. The van der Waals surface area contributed by atoms with E-state index in [0.29, 0.717) is 12.0 Å². The van der Waals surface area contributed by atoms with Crippen LogP contribution in [0, 0.1) is 35.3 Å². The zero-order valence-corrected chi connectivity index (χ0v) is 41.6. The number of ether oxygens (including phenoxy) is 8. The van der Waals surface area contributed by atoms with E-state index in [-0.39, 0.29) is 50.2 Å². The van der Waals surface area contributed by atoms with Crippen molar-refractivity contribution in [3.8, 4) is 0 Å². The van der Waals surface area contributed by atoms with Gasteiger partial charge in [0.15, 0.2) is 29.8 Å². The van der Waals surface area contributed by atoms with Crippen LogP contribution in [-0.4, -0.2) is 156 Å². The normalized spacial score (nSPS) is 41.9. The maximum atomic E-state index is 15.0. The number of nitrogens with zero attached hydrogens (tertiary/aromatic N) is 2. The van der Waals surface area contributed by atoms with Crippen molar-refractivity contribution in [2.24, 2.45) is 23.7 Å². The number of benzene rings is 1. The third-order valence-electron chi connectivity index (χ3n) is 15.2. The summed E-state index contributed by atoms with van der Waals surface area (Å²) in [5, 5.41) is 23.1. The number of halogens is 2. The fraction of sp³-hybridized carbons (Fsp3) is 0.816. The highest BCUT2D eigenvalue weighted by molar-refractivity contribution is 5.85. The van der Waals surface area contributed by atoms with Gasteiger partial charge in [0.1, 0.15) is 24.1 Å². The number of carbonyl (C=O) groups excluding carboxylic acids is 3. The first-order chi connectivity index (χ1) is 30.9. The lowest BCUT2D eigenvalue weighted by Crippen LogP contribution is -2.62. The zero-order valence-electron chi connectivity index (χ0n) is 41.6. The lowest BCUT2D eigenvalue weighted by Gasteiger charge is -2.50. The lowest BCUT2D eigenvalue weighted by atomic mass is 9.73. The van der Waals surface area contributed by atoms with Gasteiger partial charge in [-0.15, -0.1) is 0 Å². The van der Waals surface area contributed by atoms with Gasteiger partial charge in [-0.2, -0.15) is 0 Å². The van der Waals surface area contributed by atoms with E-state index in [4.69, 9.17) is 37.9 Å². The van der Waals surface area contributed by atoms with Crippen molar-refractivity contribution in [2.45, 2.75) is 199 Å². The fourth-order valence-corrected chi connectivity index (χ4v) is 11.2. The predicted octanol–water partition coefficient (Wildman–Crippen LogP) is 6.21. The van der Waals surface area contributed by atoms with Gasteiger partial charge < -0.3 is 53.0 Å². The molecule has 0 aliphatic carbocycles. The Kier molecular flexibility index (Phi) is 17.9. The number of aliphatic hydroxyl groups excluding tert-OH is 2. The van der Waals surface area contributed by atoms with Crippen LogP contribution in [0.25, 0.3) is 0 Å². The van der Waals surface area contributed by atoms with Crippen molar-refractivity contribution in [1.82, 2.24) is 9.80 Å². The first-order valence-electron chi connectivity index (χ1n) is 23.9. The van der Waals surface area contributed by atoms with Crippen LogP contribution in [-0.2, 0) is 53.9 Å². The number of amides is 1. The van der Waals surface area contributed by atoms with Gasteiger partial charge in [-0.05, 0) is 105 Å². The van der Waals surface area contributed by atoms with Gasteiger partial charge in [0.05, 0.1) is 47.6 Å². The highest BCUT2D eigenvalue weighted by Gasteiger charge is 2.61. The molecule has 4 fully saturated rings. The SMILES string of the molecule is CCCN(C)[C@H]1C[C@@H](C)O[C@@H](O[C@@H]2[C@@H](C)[C@H](O[C@H]3C[C@@](C)(OC)[C@@H](O)[C@H](C)O3)[C@@H](C)C(=O)O[C@H](CC)[C@@]3(C)OC(=O)N(CCc4ccc(F)c(F)c4)[C@@H]3[C@@H](C)C(=O)[C@H](C)C[C@@]2(C)OC)[C@@H]1O. The number of methoxy groups -OCH3 is 2. The molecule has 17 heteroatoms. The molecule has 4 aliphatic heterocycles. The third kappa shape index (κ3) is 11.1. The second kappa shape index (κ2) is 21.8. The summed E-state index contributed by atoms with van der Waals surface area (Å²) in [4.78, 5) is 47.4. The first kappa shape index (κ1) is 54.1. The maximum Gasteiger partial charge on any atom is 0.410 e. The molecular formula is C49H78F2N2O13. The minimum Gasteiger partial charge on any atom is -0.458 e. The minimum atomic E-state index is -1.54. The summed E-state index contributed by atoms with van der Waals surface area (Å²) in [7, 11) is 4.97. The number of aliphatic hydroxyl groups is 2. The van der Waals surface area contributed by atoms with Gasteiger partial charge >= 0.3 is 12.1 Å². The van der Waals surface area contributed by atoms with Crippen molar-refractivity contribution in [3.05, 3.63) is 35.4 Å². The van der Waals surface area contributed by atoms with E-state index in [2.05, 4.69) is 11.8 Å². The smallest absolute Gasteiger partial charge is 0.410 e. The molecule has 0 radical (unpaired) electrons. The Bertz CT molecular complexity index is 1830. The number of likely N-dealkylation sites (N-methyl/N-ethyl adjacent to an activating group) is 1. The number of ketones is 1. The minimum absolute atomic E-state index is 0.0123. The van der Waals surface area contributed by atoms with Crippen molar-refractivity contribution in [1.29, 1.82) is 0 Å². The highest BCUT2D eigenvalue weighted by atomic mass is 19.2. The van der Waals surface area contributed by atoms with Gasteiger partial charge in [-0.3, -0.25) is 14.5 Å². The van der Waals surface area contributed by atoms with E-state index in [9.17, 15) is 28.6 Å². The van der Waals surface area contributed by atoms with E-state index in [1.165, 1.54) is 25.2 Å². The number of esters is 1. The quantitative estimate of drug-likeness (QED) is 0.214. The molecule has 4 saturated heterocycles. The molecule has 66 heavy (non-hydrogen) atoms. The molecule has 0 unspecified atom stereocenters. The maximum absolute atomic E-state index is 15.0. The van der Waals surface area contributed by atoms with E-state index >= 15 is 4.79 Å². The Balaban J connectivity index is 1.63. The molecule has 15 nitrogen and oxygen atoms in total. The largest absolute Gasteiger partial charge is 0.458 e. The van der Waals surface area contributed by atoms with Crippen LogP contribution in [0.5, 0.6) is 0 Å². The van der Waals surface area contributed by atoms with Crippen LogP contribution in [0.3, 0.4) is 0 Å². The van der Waals surface area contributed by atoms with Crippen molar-refractivity contribution < 1.29 is 71.3 Å². The van der Waals surface area contributed by atoms with Crippen LogP contribution in [0.2, 0.25) is 0 Å². The summed E-state index contributed by atoms with van der Waals surface area (Å²) in [6.07, 6.45) is -7.22. The van der Waals surface area contributed by atoms with Crippen molar-refractivity contribution in [3.63, 3.8) is 0 Å². The molecule has 0 bridgehead atoms. The van der Waals surface area contributed by atoms with Crippen LogP contribution in [0.15, 0.2) is 18.2 Å². The Morgan fingerprint density at radius 3 is 2.17 bits per heavy atom. The van der Waals surface area contributed by atoms with Crippen LogP contribution >= 0.6 is 0 Å². The van der Waals surface area contributed by atoms with E-state index in [0.717, 1.165) is 25.1 Å². The third-order valence-corrected chi connectivity index (χ3v) is 15.2. The second-order valence-electron chi connectivity index (χ2n) is 20.2. The monoisotopic (exact) mass is 941 g/mol. The number of rotatable bonds is 13. The van der Waals surface area contributed by atoms with Crippen molar-refractivity contribution in [2.75, 3.05) is 34.4 Å². The summed E-state index contributed by atoms with van der Waals surface area (Å²) in [6.45, 7) is 20.5. The summed E-state index contributed by atoms with van der Waals surface area (Å²) in [5.74, 6) is -6.39. The van der Waals surface area contributed by atoms with E-state index in [1.54, 1.807) is 48.5 Å². The van der Waals surface area contributed by atoms with Gasteiger partial charge in [0.2, 0.25) is 0 Å². The number of hydrogen-bond acceptors (Lipinski definition) is 14. The first-order valence-corrected chi connectivity index (χ1v) is 23.9. The highest BCUT2D eigenvalue weighted by Crippen LogP contribution is 2.45. The van der Waals surface area contributed by atoms with E-state index in [1.807, 2.05) is 27.8 Å². The molecule has 0 saturated carbocycles. The summed E-state index contributed by atoms with van der Waals surface area (Å²) in [6, 6.07) is 2.25. The molecule has 18 atom stereocenters. The molecule has 1 aromatic rings. The average molecular weight is 941 g/mol. The summed E-state index contributed by atoms with van der Waals surface area (Å²) >= 11 is 0. The molecule has 0 spiro atoms. The molecule has 376 valence electrons. The number of cyclic esters (lactones) is 1. The van der Waals surface area contributed by atoms with E-state index < -0.39 is 119 Å². The number of hydrogen-bond donors (Lipinski definition) is 2. The van der Waals surface area contributed by atoms with Gasteiger partial charge in [0, 0.05) is 51.0 Å². The topological polar surface area (TPSA) is 172 Å². The van der Waals surface area contributed by atoms with Gasteiger partial charge in [0.25, 0.3) is 0 Å². The molecule has 2 N–H and O–H groups in total.